The third-order valence-corrected chi connectivity index (χ3v) is 4.20. The van der Waals surface area contributed by atoms with Crippen LogP contribution >= 0.6 is 0 Å². The minimum absolute atomic E-state index is 0.123. The van der Waals surface area contributed by atoms with Gasteiger partial charge in [0.25, 0.3) is 0 Å². The SMILES string of the molecule is Oc1cc(O)c(-c2cccc3c2Cc2ccccc2-3)c(O)c1. The van der Waals surface area contributed by atoms with E-state index in [1.54, 1.807) is 0 Å². The molecule has 0 heterocycles. The lowest BCUT2D eigenvalue weighted by Crippen LogP contribution is -1.89. The number of aromatic hydroxyl groups is 3. The van der Waals surface area contributed by atoms with Gasteiger partial charge in [-0.05, 0) is 34.2 Å². The fourth-order valence-corrected chi connectivity index (χ4v) is 3.26. The lowest BCUT2D eigenvalue weighted by molar-refractivity contribution is 0.430. The second-order valence-corrected chi connectivity index (χ2v) is 5.52. The Morgan fingerprint density at radius 3 is 2.09 bits per heavy atom. The van der Waals surface area contributed by atoms with Crippen LogP contribution in [0.1, 0.15) is 11.1 Å². The molecule has 0 bridgehead atoms. The molecule has 3 aromatic rings. The highest BCUT2D eigenvalue weighted by Crippen LogP contribution is 2.47. The van der Waals surface area contributed by atoms with Gasteiger partial charge in [-0.2, -0.15) is 0 Å². The first-order valence-electron chi connectivity index (χ1n) is 7.10. The van der Waals surface area contributed by atoms with Gasteiger partial charge in [0.15, 0.2) is 0 Å². The summed E-state index contributed by atoms with van der Waals surface area (Å²) in [5, 5.41) is 29.8. The Kier molecular flexibility index (Phi) is 2.63. The Labute approximate surface area is 127 Å². The van der Waals surface area contributed by atoms with Gasteiger partial charge in [0.05, 0.1) is 5.56 Å². The Morgan fingerprint density at radius 1 is 0.682 bits per heavy atom. The second kappa shape index (κ2) is 4.53. The van der Waals surface area contributed by atoms with Gasteiger partial charge in [0.2, 0.25) is 0 Å². The molecule has 3 N–H and O–H groups in total. The van der Waals surface area contributed by atoms with Crippen LogP contribution in [0, 0.1) is 0 Å². The molecule has 22 heavy (non-hydrogen) atoms. The zero-order valence-electron chi connectivity index (χ0n) is 11.7. The van der Waals surface area contributed by atoms with Crippen molar-refractivity contribution in [2.24, 2.45) is 0 Å². The van der Waals surface area contributed by atoms with Crippen LogP contribution in [0.3, 0.4) is 0 Å². The molecular weight excluding hydrogens is 276 g/mol. The molecule has 4 rings (SSSR count). The van der Waals surface area contributed by atoms with Crippen molar-refractivity contribution in [1.29, 1.82) is 0 Å². The number of hydrogen-bond donors (Lipinski definition) is 3. The molecule has 0 fully saturated rings. The maximum Gasteiger partial charge on any atom is 0.130 e. The highest BCUT2D eigenvalue weighted by atomic mass is 16.3. The quantitative estimate of drug-likeness (QED) is 0.496. The van der Waals surface area contributed by atoms with Crippen molar-refractivity contribution in [3.63, 3.8) is 0 Å². The van der Waals surface area contributed by atoms with Gasteiger partial charge in [0, 0.05) is 12.1 Å². The van der Waals surface area contributed by atoms with E-state index < -0.39 is 0 Å². The van der Waals surface area contributed by atoms with E-state index in [1.807, 2.05) is 24.3 Å². The van der Waals surface area contributed by atoms with Crippen molar-refractivity contribution in [2.75, 3.05) is 0 Å². The fourth-order valence-electron chi connectivity index (χ4n) is 3.26. The molecule has 3 aromatic carbocycles. The van der Waals surface area contributed by atoms with E-state index in [9.17, 15) is 15.3 Å². The topological polar surface area (TPSA) is 60.7 Å². The number of fused-ring (bicyclic) bond motifs is 3. The van der Waals surface area contributed by atoms with Crippen LogP contribution in [0.5, 0.6) is 17.2 Å². The smallest absolute Gasteiger partial charge is 0.130 e. The Balaban J connectivity index is 1.98. The lowest BCUT2D eigenvalue weighted by atomic mass is 9.94. The number of hydrogen-bond acceptors (Lipinski definition) is 3. The summed E-state index contributed by atoms with van der Waals surface area (Å²) in [4.78, 5) is 0. The van der Waals surface area contributed by atoms with E-state index >= 15 is 0 Å². The molecule has 1 aliphatic carbocycles. The van der Waals surface area contributed by atoms with E-state index in [1.165, 1.54) is 23.3 Å². The highest BCUT2D eigenvalue weighted by molar-refractivity contribution is 5.88. The van der Waals surface area contributed by atoms with Crippen molar-refractivity contribution >= 4 is 0 Å². The van der Waals surface area contributed by atoms with E-state index in [0.29, 0.717) is 5.56 Å². The van der Waals surface area contributed by atoms with Crippen LogP contribution in [0.25, 0.3) is 22.3 Å². The normalized spacial score (nSPS) is 12.0. The summed E-state index contributed by atoms with van der Waals surface area (Å²) in [5.74, 6) is -0.404. The number of phenolic OH excluding ortho intramolecular Hbond substituents is 3. The number of phenols is 3. The third-order valence-electron chi connectivity index (χ3n) is 4.20. The van der Waals surface area contributed by atoms with E-state index in [4.69, 9.17) is 0 Å². The zero-order valence-corrected chi connectivity index (χ0v) is 11.7. The standard InChI is InChI=1S/C19H14O3/c20-12-9-17(21)19(18(22)10-12)15-7-3-6-14-13-5-2-1-4-11(13)8-16(14)15/h1-7,9-10,20-22H,8H2. The summed E-state index contributed by atoms with van der Waals surface area (Å²) in [7, 11) is 0. The minimum atomic E-state index is -0.158. The highest BCUT2D eigenvalue weighted by Gasteiger charge is 2.23. The molecule has 0 saturated carbocycles. The summed E-state index contributed by atoms with van der Waals surface area (Å²) in [6, 6.07) is 16.6. The second-order valence-electron chi connectivity index (χ2n) is 5.52. The predicted molar refractivity (Wildman–Crippen MR) is 85.1 cm³/mol. The number of rotatable bonds is 1. The maximum absolute atomic E-state index is 10.2. The summed E-state index contributed by atoms with van der Waals surface area (Å²) in [6.45, 7) is 0. The molecule has 0 aliphatic heterocycles. The molecule has 108 valence electrons. The summed E-state index contributed by atoms with van der Waals surface area (Å²) >= 11 is 0. The molecule has 0 spiro atoms. The Morgan fingerprint density at radius 2 is 1.32 bits per heavy atom. The van der Waals surface area contributed by atoms with Crippen molar-refractivity contribution < 1.29 is 15.3 Å². The van der Waals surface area contributed by atoms with Crippen LogP contribution < -0.4 is 0 Å². The molecule has 0 atom stereocenters. The molecule has 1 aliphatic rings. The molecule has 3 nitrogen and oxygen atoms in total. The molecule has 0 unspecified atom stereocenters. The summed E-state index contributed by atoms with van der Waals surface area (Å²) in [5.41, 5.74) is 5.80. The van der Waals surface area contributed by atoms with Gasteiger partial charge in [0.1, 0.15) is 17.2 Å². The van der Waals surface area contributed by atoms with Gasteiger partial charge in [-0.3, -0.25) is 0 Å². The van der Waals surface area contributed by atoms with Crippen molar-refractivity contribution in [1.82, 2.24) is 0 Å². The van der Waals surface area contributed by atoms with Gasteiger partial charge in [-0.15, -0.1) is 0 Å². The largest absolute Gasteiger partial charge is 0.508 e. The molecule has 0 saturated heterocycles. The fraction of sp³-hybridized carbons (Fsp3) is 0.0526. The molecule has 0 radical (unpaired) electrons. The predicted octanol–water partition coefficient (Wildman–Crippen LogP) is 4.04. The monoisotopic (exact) mass is 290 g/mol. The van der Waals surface area contributed by atoms with Gasteiger partial charge in [-0.25, -0.2) is 0 Å². The molecule has 0 amide bonds. The summed E-state index contributed by atoms with van der Waals surface area (Å²) < 4.78 is 0. The molecule has 3 heteroatoms. The Hall–Kier alpha value is -2.94. The van der Waals surface area contributed by atoms with Gasteiger partial charge < -0.3 is 15.3 Å². The van der Waals surface area contributed by atoms with Crippen LogP contribution in [-0.2, 0) is 6.42 Å². The van der Waals surface area contributed by atoms with Crippen LogP contribution in [0.4, 0.5) is 0 Å². The van der Waals surface area contributed by atoms with Crippen LogP contribution in [-0.4, -0.2) is 15.3 Å². The molecule has 0 aromatic heterocycles. The minimum Gasteiger partial charge on any atom is -0.508 e. The first-order valence-corrected chi connectivity index (χ1v) is 7.10. The Bertz CT molecular complexity index is 874. The average Bonchev–Trinajstić information content (AvgIpc) is 2.86. The van der Waals surface area contributed by atoms with Gasteiger partial charge in [-0.1, -0.05) is 42.5 Å². The van der Waals surface area contributed by atoms with Crippen LogP contribution in [0.2, 0.25) is 0 Å². The van der Waals surface area contributed by atoms with Crippen LogP contribution in [0.15, 0.2) is 54.6 Å². The lowest BCUT2D eigenvalue weighted by Gasteiger charge is -2.12. The maximum atomic E-state index is 10.2. The molecular formula is C19H14O3. The first-order chi connectivity index (χ1) is 10.6. The van der Waals surface area contributed by atoms with E-state index in [-0.39, 0.29) is 17.2 Å². The van der Waals surface area contributed by atoms with Crippen molar-refractivity contribution in [3.8, 4) is 39.5 Å². The number of benzene rings is 3. The third kappa shape index (κ3) is 1.76. The van der Waals surface area contributed by atoms with Crippen molar-refractivity contribution in [2.45, 2.75) is 6.42 Å². The summed E-state index contributed by atoms with van der Waals surface area (Å²) in [6.07, 6.45) is 0.765. The van der Waals surface area contributed by atoms with E-state index in [2.05, 4.69) is 18.2 Å². The average molecular weight is 290 g/mol. The zero-order chi connectivity index (χ0) is 15.3. The van der Waals surface area contributed by atoms with Gasteiger partial charge >= 0.3 is 0 Å². The first kappa shape index (κ1) is 12.8. The van der Waals surface area contributed by atoms with Crippen molar-refractivity contribution in [3.05, 3.63) is 65.7 Å². The van der Waals surface area contributed by atoms with E-state index in [0.717, 1.165) is 23.1 Å².